The average Bonchev–Trinajstić information content (AvgIpc) is 2.85. The number of fused-ring (bicyclic) bond motifs is 2. The van der Waals surface area contributed by atoms with Crippen LogP contribution in [-0.2, 0) is 23.2 Å². The first-order valence-electron chi connectivity index (χ1n) is 8.36. The van der Waals surface area contributed by atoms with E-state index >= 15 is 0 Å². The van der Waals surface area contributed by atoms with Gasteiger partial charge in [0.1, 0.15) is 0 Å². The number of carbonyl (C=O) groups excluding carboxylic acids is 2. The second-order valence-corrected chi connectivity index (χ2v) is 6.65. The molecule has 0 saturated carbocycles. The number of ketones is 1. The van der Waals surface area contributed by atoms with Crippen molar-refractivity contribution >= 4 is 17.4 Å². The summed E-state index contributed by atoms with van der Waals surface area (Å²) in [5.74, 6) is -0.743. The van der Waals surface area contributed by atoms with Crippen LogP contribution < -0.4 is 5.32 Å². The third-order valence-electron chi connectivity index (χ3n) is 5.08. The molecule has 4 heteroatoms. The fourth-order valence-electron chi connectivity index (χ4n) is 3.72. The van der Waals surface area contributed by atoms with Crippen LogP contribution in [0.3, 0.4) is 0 Å². The van der Waals surface area contributed by atoms with Crippen LogP contribution in [0.4, 0.5) is 5.69 Å². The molecule has 1 atom stereocenters. The fourth-order valence-corrected chi connectivity index (χ4v) is 3.72. The minimum atomic E-state index is -1.79. The number of hydrogen-bond acceptors (Lipinski definition) is 3. The summed E-state index contributed by atoms with van der Waals surface area (Å²) in [4.78, 5) is 24.9. The Morgan fingerprint density at radius 3 is 2.67 bits per heavy atom. The highest BCUT2D eigenvalue weighted by molar-refractivity contribution is 6.09. The molecule has 0 spiro atoms. The van der Waals surface area contributed by atoms with E-state index in [4.69, 9.17) is 0 Å². The van der Waals surface area contributed by atoms with E-state index in [1.807, 2.05) is 18.2 Å². The van der Waals surface area contributed by atoms with Crippen LogP contribution >= 0.6 is 0 Å². The van der Waals surface area contributed by atoms with Gasteiger partial charge in [-0.1, -0.05) is 30.3 Å². The van der Waals surface area contributed by atoms with E-state index in [1.165, 1.54) is 17.5 Å². The Labute approximate surface area is 140 Å². The van der Waals surface area contributed by atoms with Crippen LogP contribution in [0.25, 0.3) is 0 Å². The van der Waals surface area contributed by atoms with Crippen molar-refractivity contribution in [3.63, 3.8) is 0 Å². The number of amides is 1. The lowest BCUT2D eigenvalue weighted by atomic mass is 9.85. The number of aryl methyl sites for hydroxylation is 2. The van der Waals surface area contributed by atoms with Gasteiger partial charge >= 0.3 is 0 Å². The quantitative estimate of drug-likeness (QED) is 0.854. The highest BCUT2D eigenvalue weighted by Gasteiger charge is 2.46. The van der Waals surface area contributed by atoms with Gasteiger partial charge in [0.15, 0.2) is 11.4 Å². The van der Waals surface area contributed by atoms with Crippen LogP contribution in [0, 0.1) is 0 Å². The van der Waals surface area contributed by atoms with E-state index in [1.54, 1.807) is 24.3 Å². The van der Waals surface area contributed by atoms with Gasteiger partial charge in [0.2, 0.25) is 0 Å². The number of benzene rings is 2. The van der Waals surface area contributed by atoms with Gasteiger partial charge in [-0.05, 0) is 48.9 Å². The minimum absolute atomic E-state index is 0.210. The van der Waals surface area contributed by atoms with Crippen LogP contribution in [0.2, 0.25) is 0 Å². The Hall–Kier alpha value is -2.46. The van der Waals surface area contributed by atoms with Gasteiger partial charge in [-0.15, -0.1) is 0 Å². The van der Waals surface area contributed by atoms with Crippen molar-refractivity contribution in [1.82, 2.24) is 0 Å². The van der Waals surface area contributed by atoms with E-state index in [0.29, 0.717) is 16.8 Å². The molecule has 2 aromatic rings. The topological polar surface area (TPSA) is 66.4 Å². The largest absolute Gasteiger partial charge is 0.375 e. The van der Waals surface area contributed by atoms with Gasteiger partial charge in [-0.2, -0.15) is 0 Å². The number of para-hydroxylation sites is 1. The number of rotatable bonds is 3. The van der Waals surface area contributed by atoms with Crippen LogP contribution in [0.5, 0.6) is 0 Å². The normalized spacial score (nSPS) is 21.8. The minimum Gasteiger partial charge on any atom is -0.375 e. The Kier molecular flexibility index (Phi) is 3.50. The van der Waals surface area contributed by atoms with Gasteiger partial charge < -0.3 is 10.4 Å². The summed E-state index contributed by atoms with van der Waals surface area (Å²) in [5.41, 5.74) is 2.35. The molecule has 0 saturated heterocycles. The third kappa shape index (κ3) is 2.34. The van der Waals surface area contributed by atoms with Gasteiger partial charge in [0, 0.05) is 16.8 Å². The summed E-state index contributed by atoms with van der Waals surface area (Å²) in [6.07, 6.45) is 4.14. The van der Waals surface area contributed by atoms with Crippen molar-refractivity contribution in [3.8, 4) is 0 Å². The number of carbonyl (C=O) groups is 2. The molecule has 24 heavy (non-hydrogen) atoms. The summed E-state index contributed by atoms with van der Waals surface area (Å²) >= 11 is 0. The zero-order chi connectivity index (χ0) is 16.7. The highest BCUT2D eigenvalue weighted by atomic mass is 16.3. The number of nitrogens with one attached hydrogen (secondary N) is 1. The van der Waals surface area contributed by atoms with E-state index < -0.39 is 11.5 Å². The molecule has 0 aromatic heterocycles. The predicted octanol–water partition coefficient (Wildman–Crippen LogP) is 2.98. The SMILES string of the molecule is O=C(CC1(O)C(=O)Nc2ccccc21)c1ccc2c(c1)CCCC2. The molecule has 1 aliphatic carbocycles. The molecule has 4 nitrogen and oxygen atoms in total. The Balaban J connectivity index is 1.63. The van der Waals surface area contributed by atoms with Crippen molar-refractivity contribution in [1.29, 1.82) is 0 Å². The molecule has 2 aliphatic rings. The first kappa shape index (κ1) is 15.1. The van der Waals surface area contributed by atoms with Gasteiger partial charge in [0.05, 0.1) is 6.42 Å². The Morgan fingerprint density at radius 1 is 1.08 bits per heavy atom. The molecule has 0 radical (unpaired) electrons. The number of aliphatic hydroxyl groups is 1. The highest BCUT2D eigenvalue weighted by Crippen LogP contribution is 2.39. The third-order valence-corrected chi connectivity index (χ3v) is 5.08. The van der Waals surface area contributed by atoms with Gasteiger partial charge in [0.25, 0.3) is 5.91 Å². The van der Waals surface area contributed by atoms with E-state index in [9.17, 15) is 14.7 Å². The number of anilines is 1. The Morgan fingerprint density at radius 2 is 1.83 bits per heavy atom. The molecule has 0 bridgehead atoms. The monoisotopic (exact) mass is 321 g/mol. The summed E-state index contributed by atoms with van der Waals surface area (Å²) in [5, 5.41) is 13.5. The number of Topliss-reactive ketones (excluding diaryl/α,β-unsaturated/α-hetero) is 1. The first-order valence-corrected chi connectivity index (χ1v) is 8.36. The van der Waals surface area contributed by atoms with E-state index in [-0.39, 0.29) is 12.2 Å². The molecule has 122 valence electrons. The van der Waals surface area contributed by atoms with E-state index in [0.717, 1.165) is 19.3 Å². The molecule has 0 fully saturated rings. The average molecular weight is 321 g/mol. The van der Waals surface area contributed by atoms with E-state index in [2.05, 4.69) is 5.32 Å². The summed E-state index contributed by atoms with van der Waals surface area (Å²) in [6, 6.07) is 12.7. The second-order valence-electron chi connectivity index (χ2n) is 6.65. The molecule has 2 aromatic carbocycles. The molecule has 1 amide bonds. The molecule has 2 N–H and O–H groups in total. The first-order chi connectivity index (χ1) is 11.6. The summed E-state index contributed by atoms with van der Waals surface area (Å²) in [7, 11) is 0. The molecule has 1 unspecified atom stereocenters. The molecular formula is C20H19NO3. The van der Waals surface area contributed by atoms with Crippen molar-refractivity contribution in [3.05, 3.63) is 64.7 Å². The molecular weight excluding hydrogens is 302 g/mol. The number of hydrogen-bond donors (Lipinski definition) is 2. The summed E-state index contributed by atoms with van der Waals surface area (Å²) < 4.78 is 0. The maximum Gasteiger partial charge on any atom is 0.261 e. The van der Waals surface area contributed by atoms with Crippen LogP contribution in [0.15, 0.2) is 42.5 Å². The lowest BCUT2D eigenvalue weighted by Gasteiger charge is -2.21. The van der Waals surface area contributed by atoms with Crippen LogP contribution in [-0.4, -0.2) is 16.8 Å². The fraction of sp³-hybridized carbons (Fsp3) is 0.300. The van der Waals surface area contributed by atoms with Crippen molar-refractivity contribution in [2.24, 2.45) is 0 Å². The predicted molar refractivity (Wildman–Crippen MR) is 91.0 cm³/mol. The van der Waals surface area contributed by atoms with Crippen LogP contribution in [0.1, 0.15) is 46.3 Å². The maximum absolute atomic E-state index is 12.7. The van der Waals surface area contributed by atoms with Crippen molar-refractivity contribution in [2.45, 2.75) is 37.7 Å². The summed E-state index contributed by atoms with van der Waals surface area (Å²) in [6.45, 7) is 0. The molecule has 1 heterocycles. The van der Waals surface area contributed by atoms with Crippen molar-refractivity contribution in [2.75, 3.05) is 5.32 Å². The standard InChI is InChI=1S/C20H19NO3/c22-18(15-10-9-13-5-1-2-6-14(13)11-15)12-20(24)16-7-3-4-8-17(16)21-19(20)23/h3-4,7-11,24H,1-2,5-6,12H2,(H,21,23). The van der Waals surface area contributed by atoms with Gasteiger partial charge in [-0.3, -0.25) is 9.59 Å². The molecule has 1 aliphatic heterocycles. The Bertz CT molecular complexity index is 843. The molecule has 4 rings (SSSR count). The second kappa shape index (κ2) is 5.56. The smallest absolute Gasteiger partial charge is 0.261 e. The van der Waals surface area contributed by atoms with Gasteiger partial charge in [-0.25, -0.2) is 0 Å². The lowest BCUT2D eigenvalue weighted by molar-refractivity contribution is -0.133. The lowest BCUT2D eigenvalue weighted by Crippen LogP contribution is -2.36. The van der Waals surface area contributed by atoms with Crippen molar-refractivity contribution < 1.29 is 14.7 Å². The maximum atomic E-state index is 12.7. The zero-order valence-corrected chi connectivity index (χ0v) is 13.3. The zero-order valence-electron chi connectivity index (χ0n) is 13.3.